The Balaban J connectivity index is 2.35. The van der Waals surface area contributed by atoms with E-state index in [-0.39, 0.29) is 16.9 Å². The summed E-state index contributed by atoms with van der Waals surface area (Å²) in [6.45, 7) is 3.21. The van der Waals surface area contributed by atoms with Crippen LogP contribution in [0, 0.1) is 5.92 Å². The lowest BCUT2D eigenvalue weighted by atomic mass is 9.97. The zero-order chi connectivity index (χ0) is 13.3. The molecule has 1 N–H and O–H groups in total. The van der Waals surface area contributed by atoms with Crippen molar-refractivity contribution in [2.45, 2.75) is 24.3 Å². The van der Waals surface area contributed by atoms with Crippen LogP contribution >= 0.6 is 0 Å². The third kappa shape index (κ3) is 2.64. The molecule has 2 rings (SSSR count). The van der Waals surface area contributed by atoms with Gasteiger partial charge in [0.25, 0.3) is 0 Å². The Labute approximate surface area is 107 Å². The van der Waals surface area contributed by atoms with Crippen LogP contribution in [0.15, 0.2) is 23.2 Å². The predicted octanol–water partition coefficient (Wildman–Crippen LogP) is 0.692. The summed E-state index contributed by atoms with van der Waals surface area (Å²) in [5.41, 5.74) is 0. The number of aliphatic hydroxyl groups excluding tert-OH is 1. The van der Waals surface area contributed by atoms with Gasteiger partial charge in [0, 0.05) is 25.5 Å². The minimum atomic E-state index is -3.28. The van der Waals surface area contributed by atoms with E-state index in [2.05, 4.69) is 4.98 Å². The third-order valence-corrected chi connectivity index (χ3v) is 4.43. The number of hydrogen-bond acceptors (Lipinski definition) is 5. The fourth-order valence-electron chi connectivity index (χ4n) is 2.23. The summed E-state index contributed by atoms with van der Waals surface area (Å²) in [4.78, 5) is 6.39. The van der Waals surface area contributed by atoms with Gasteiger partial charge in [-0.3, -0.25) is 0 Å². The molecule has 1 saturated heterocycles. The third-order valence-electron chi connectivity index (χ3n) is 3.31. The minimum Gasteiger partial charge on any atom is -0.393 e. The first kappa shape index (κ1) is 13.3. The first-order valence-corrected chi connectivity index (χ1v) is 7.87. The van der Waals surface area contributed by atoms with E-state index in [4.69, 9.17) is 0 Å². The Kier molecular flexibility index (Phi) is 3.59. The van der Waals surface area contributed by atoms with Gasteiger partial charge in [0.05, 0.1) is 6.10 Å². The molecule has 2 heterocycles. The Hall–Kier alpha value is -1.14. The summed E-state index contributed by atoms with van der Waals surface area (Å²) in [5, 5.41) is 9.71. The van der Waals surface area contributed by atoms with Crippen molar-refractivity contribution in [1.82, 2.24) is 4.98 Å². The van der Waals surface area contributed by atoms with E-state index in [0.717, 1.165) is 0 Å². The van der Waals surface area contributed by atoms with Crippen molar-refractivity contribution >= 4 is 15.7 Å². The quantitative estimate of drug-likeness (QED) is 0.856. The molecule has 1 aromatic rings. The molecule has 1 aliphatic heterocycles. The van der Waals surface area contributed by atoms with Gasteiger partial charge in [0.15, 0.2) is 9.84 Å². The zero-order valence-corrected chi connectivity index (χ0v) is 11.4. The van der Waals surface area contributed by atoms with Crippen molar-refractivity contribution < 1.29 is 13.5 Å². The molecule has 2 unspecified atom stereocenters. The number of aliphatic hydroxyl groups is 1. The number of aromatic nitrogens is 1. The number of rotatable bonds is 2. The SMILES string of the molecule is CC1CN(c2ncccc2S(C)(=O)=O)CCC1O. The molecule has 2 atom stereocenters. The molecule has 100 valence electrons. The van der Waals surface area contributed by atoms with E-state index in [1.165, 1.54) is 6.26 Å². The molecule has 0 amide bonds. The van der Waals surface area contributed by atoms with Crippen molar-refractivity contribution in [2.75, 3.05) is 24.2 Å². The molecule has 0 aromatic carbocycles. The number of sulfone groups is 1. The van der Waals surface area contributed by atoms with Gasteiger partial charge in [-0.1, -0.05) is 6.92 Å². The van der Waals surface area contributed by atoms with Crippen LogP contribution in [-0.4, -0.2) is 44.0 Å². The Bertz CT molecular complexity index is 530. The van der Waals surface area contributed by atoms with Crippen LogP contribution in [0.25, 0.3) is 0 Å². The topological polar surface area (TPSA) is 70.5 Å². The molecule has 18 heavy (non-hydrogen) atoms. The highest BCUT2D eigenvalue weighted by Gasteiger charge is 2.27. The van der Waals surface area contributed by atoms with Crippen molar-refractivity contribution in [3.05, 3.63) is 18.3 Å². The normalized spacial score (nSPS) is 25.2. The molecule has 0 saturated carbocycles. The number of hydrogen-bond donors (Lipinski definition) is 1. The van der Waals surface area contributed by atoms with Crippen LogP contribution in [0.4, 0.5) is 5.82 Å². The molecule has 1 fully saturated rings. The first-order valence-electron chi connectivity index (χ1n) is 5.97. The summed E-state index contributed by atoms with van der Waals surface area (Å²) < 4.78 is 23.5. The second kappa shape index (κ2) is 4.85. The van der Waals surface area contributed by atoms with E-state index in [9.17, 15) is 13.5 Å². The summed E-state index contributed by atoms with van der Waals surface area (Å²) in [6.07, 6.45) is 3.11. The van der Waals surface area contributed by atoms with Crippen molar-refractivity contribution in [3.63, 3.8) is 0 Å². The second-order valence-electron chi connectivity index (χ2n) is 4.88. The summed E-state index contributed by atoms with van der Waals surface area (Å²) in [7, 11) is -3.28. The summed E-state index contributed by atoms with van der Waals surface area (Å²) in [6, 6.07) is 3.20. The van der Waals surface area contributed by atoms with Crippen LogP contribution in [0.2, 0.25) is 0 Å². The fourth-order valence-corrected chi connectivity index (χ4v) is 3.07. The zero-order valence-electron chi connectivity index (χ0n) is 10.6. The maximum absolute atomic E-state index is 11.7. The molecule has 1 aliphatic rings. The molecule has 6 heteroatoms. The average Bonchev–Trinajstić information content (AvgIpc) is 2.32. The van der Waals surface area contributed by atoms with Crippen molar-refractivity contribution in [1.29, 1.82) is 0 Å². The number of anilines is 1. The number of pyridine rings is 1. The molecular weight excluding hydrogens is 252 g/mol. The Morgan fingerprint density at radius 2 is 2.22 bits per heavy atom. The van der Waals surface area contributed by atoms with Crippen LogP contribution in [-0.2, 0) is 9.84 Å². The van der Waals surface area contributed by atoms with Gasteiger partial charge in [-0.05, 0) is 24.5 Å². The maximum Gasteiger partial charge on any atom is 0.179 e. The van der Waals surface area contributed by atoms with Gasteiger partial charge >= 0.3 is 0 Å². The molecule has 1 aromatic heterocycles. The van der Waals surface area contributed by atoms with Crippen LogP contribution in [0.5, 0.6) is 0 Å². The van der Waals surface area contributed by atoms with Gasteiger partial charge in [-0.2, -0.15) is 0 Å². The predicted molar refractivity (Wildman–Crippen MR) is 69.3 cm³/mol. The van der Waals surface area contributed by atoms with Gasteiger partial charge in [-0.15, -0.1) is 0 Å². The lowest BCUT2D eigenvalue weighted by Gasteiger charge is -2.35. The van der Waals surface area contributed by atoms with Gasteiger partial charge in [0.2, 0.25) is 0 Å². The lowest BCUT2D eigenvalue weighted by molar-refractivity contribution is 0.0967. The molecular formula is C12H18N2O3S. The summed E-state index contributed by atoms with van der Waals surface area (Å²) in [5.74, 6) is 0.618. The van der Waals surface area contributed by atoms with Gasteiger partial charge in [-0.25, -0.2) is 13.4 Å². The smallest absolute Gasteiger partial charge is 0.179 e. The molecule has 5 nitrogen and oxygen atoms in total. The summed E-state index contributed by atoms with van der Waals surface area (Å²) >= 11 is 0. The van der Waals surface area contributed by atoms with Crippen LogP contribution < -0.4 is 4.90 Å². The first-order chi connectivity index (χ1) is 8.39. The largest absolute Gasteiger partial charge is 0.393 e. The maximum atomic E-state index is 11.7. The lowest BCUT2D eigenvalue weighted by Crippen LogP contribution is -2.42. The standard InChI is InChI=1S/C12H18N2O3S/c1-9-8-14(7-5-10(9)15)12-11(18(2,16)17)4-3-6-13-12/h3-4,6,9-10,15H,5,7-8H2,1-2H3. The minimum absolute atomic E-state index is 0.119. The fraction of sp³-hybridized carbons (Fsp3) is 0.583. The van der Waals surface area contributed by atoms with E-state index in [1.54, 1.807) is 18.3 Å². The van der Waals surface area contributed by atoms with E-state index >= 15 is 0 Å². The monoisotopic (exact) mass is 270 g/mol. The highest BCUT2D eigenvalue weighted by Crippen LogP contribution is 2.27. The van der Waals surface area contributed by atoms with Crippen LogP contribution in [0.3, 0.4) is 0 Å². The highest BCUT2D eigenvalue weighted by molar-refractivity contribution is 7.90. The number of nitrogens with zero attached hydrogens (tertiary/aromatic N) is 2. The van der Waals surface area contributed by atoms with E-state index in [1.807, 2.05) is 11.8 Å². The molecule has 0 spiro atoms. The Morgan fingerprint density at radius 3 is 2.83 bits per heavy atom. The van der Waals surface area contributed by atoms with Gasteiger partial charge < -0.3 is 10.0 Å². The van der Waals surface area contributed by atoms with Crippen LogP contribution in [0.1, 0.15) is 13.3 Å². The molecule has 0 aliphatic carbocycles. The van der Waals surface area contributed by atoms with Crippen molar-refractivity contribution in [2.24, 2.45) is 5.92 Å². The van der Waals surface area contributed by atoms with E-state index in [0.29, 0.717) is 25.3 Å². The van der Waals surface area contributed by atoms with Gasteiger partial charge in [0.1, 0.15) is 10.7 Å². The average molecular weight is 270 g/mol. The van der Waals surface area contributed by atoms with E-state index < -0.39 is 9.84 Å². The van der Waals surface area contributed by atoms with Crippen molar-refractivity contribution in [3.8, 4) is 0 Å². The Morgan fingerprint density at radius 1 is 1.50 bits per heavy atom. The highest BCUT2D eigenvalue weighted by atomic mass is 32.2. The molecule has 0 radical (unpaired) electrons. The molecule has 0 bridgehead atoms. The second-order valence-corrected chi connectivity index (χ2v) is 6.86. The number of piperidine rings is 1.